The van der Waals surface area contributed by atoms with Gasteiger partial charge in [0.25, 0.3) is 0 Å². The molecule has 0 aromatic heterocycles. The first-order valence-corrected chi connectivity index (χ1v) is 5.56. The topological polar surface area (TPSA) is 67.2 Å². The monoisotopic (exact) mass is 231 g/mol. The van der Waals surface area contributed by atoms with Gasteiger partial charge in [-0.25, -0.2) is 4.79 Å². The molecule has 1 rings (SSSR count). The first-order valence-electron chi connectivity index (χ1n) is 5.56. The summed E-state index contributed by atoms with van der Waals surface area (Å²) in [4.78, 5) is 11.2. The fourth-order valence-electron chi connectivity index (χ4n) is 1.32. The Hall–Kier alpha value is -1.99. The number of carbonyl (C=O) groups is 1. The predicted octanol–water partition coefficient (Wildman–Crippen LogP) is 0.816. The summed E-state index contributed by atoms with van der Waals surface area (Å²) in [6.45, 7) is 3.34. The van der Waals surface area contributed by atoms with Gasteiger partial charge >= 0.3 is 6.03 Å². The van der Waals surface area contributed by atoms with E-state index in [1.807, 2.05) is 31.2 Å². The second-order valence-electron chi connectivity index (χ2n) is 3.42. The maximum Gasteiger partial charge on any atom is 0.315 e. The molecule has 1 aromatic rings. The molecule has 0 unspecified atom stereocenters. The standard InChI is InChI=1S/C13H17N3O/c1-2-15-13(17)16-10-12-6-3-5-11(9-12)7-4-8-14/h3,5-6,9H,2,8,10,14H2,1H3,(H2,15,16,17). The van der Waals surface area contributed by atoms with Gasteiger partial charge in [-0.15, -0.1) is 0 Å². The molecule has 0 fully saturated rings. The highest BCUT2D eigenvalue weighted by molar-refractivity contribution is 5.73. The van der Waals surface area contributed by atoms with Crippen LogP contribution >= 0.6 is 0 Å². The Bertz CT molecular complexity index is 432. The van der Waals surface area contributed by atoms with E-state index in [1.54, 1.807) is 0 Å². The molecule has 0 aliphatic rings. The van der Waals surface area contributed by atoms with Crippen LogP contribution in [0.25, 0.3) is 0 Å². The van der Waals surface area contributed by atoms with Crippen molar-refractivity contribution in [2.45, 2.75) is 13.5 Å². The van der Waals surface area contributed by atoms with E-state index in [0.29, 0.717) is 19.6 Å². The molecule has 2 amide bonds. The predicted molar refractivity (Wildman–Crippen MR) is 68.3 cm³/mol. The number of urea groups is 1. The van der Waals surface area contributed by atoms with Crippen LogP contribution in [-0.4, -0.2) is 19.1 Å². The van der Waals surface area contributed by atoms with E-state index >= 15 is 0 Å². The third-order valence-electron chi connectivity index (χ3n) is 2.05. The second-order valence-corrected chi connectivity index (χ2v) is 3.42. The van der Waals surface area contributed by atoms with Crippen molar-refractivity contribution in [3.05, 3.63) is 35.4 Å². The zero-order chi connectivity index (χ0) is 12.5. The summed E-state index contributed by atoms with van der Waals surface area (Å²) < 4.78 is 0. The third kappa shape index (κ3) is 5.05. The quantitative estimate of drug-likeness (QED) is 0.674. The average Bonchev–Trinajstić information content (AvgIpc) is 2.35. The lowest BCUT2D eigenvalue weighted by atomic mass is 10.1. The summed E-state index contributed by atoms with van der Waals surface area (Å²) in [7, 11) is 0. The molecule has 0 saturated carbocycles. The molecule has 90 valence electrons. The zero-order valence-corrected chi connectivity index (χ0v) is 9.92. The van der Waals surface area contributed by atoms with Crippen molar-refractivity contribution in [2.75, 3.05) is 13.1 Å². The first-order chi connectivity index (χ1) is 8.26. The van der Waals surface area contributed by atoms with Crippen LogP contribution in [0.3, 0.4) is 0 Å². The van der Waals surface area contributed by atoms with E-state index in [9.17, 15) is 4.79 Å². The molecule has 0 radical (unpaired) electrons. The molecule has 4 nitrogen and oxygen atoms in total. The van der Waals surface area contributed by atoms with Crippen LogP contribution in [0.1, 0.15) is 18.1 Å². The summed E-state index contributed by atoms with van der Waals surface area (Å²) in [6.07, 6.45) is 0. The van der Waals surface area contributed by atoms with Crippen molar-refractivity contribution >= 4 is 6.03 Å². The Balaban J connectivity index is 2.57. The van der Waals surface area contributed by atoms with E-state index in [2.05, 4.69) is 22.5 Å². The highest BCUT2D eigenvalue weighted by Gasteiger charge is 1.98. The van der Waals surface area contributed by atoms with E-state index in [0.717, 1.165) is 11.1 Å². The van der Waals surface area contributed by atoms with Crippen LogP contribution in [0, 0.1) is 11.8 Å². The first kappa shape index (κ1) is 13.1. The van der Waals surface area contributed by atoms with Gasteiger partial charge < -0.3 is 16.4 Å². The van der Waals surface area contributed by atoms with Crippen molar-refractivity contribution in [1.82, 2.24) is 10.6 Å². The molecule has 0 heterocycles. The van der Waals surface area contributed by atoms with Gasteiger partial charge in [0, 0.05) is 18.7 Å². The Morgan fingerprint density at radius 1 is 1.41 bits per heavy atom. The van der Waals surface area contributed by atoms with Crippen LogP contribution in [0.2, 0.25) is 0 Å². The van der Waals surface area contributed by atoms with E-state index in [1.165, 1.54) is 0 Å². The van der Waals surface area contributed by atoms with Crippen LogP contribution < -0.4 is 16.4 Å². The molecule has 0 bridgehead atoms. The van der Waals surface area contributed by atoms with Crippen molar-refractivity contribution in [1.29, 1.82) is 0 Å². The average molecular weight is 231 g/mol. The number of nitrogens with two attached hydrogens (primary N) is 1. The summed E-state index contributed by atoms with van der Waals surface area (Å²) in [6, 6.07) is 7.55. The van der Waals surface area contributed by atoms with Gasteiger partial charge in [0.15, 0.2) is 0 Å². The lowest BCUT2D eigenvalue weighted by Gasteiger charge is -2.05. The number of rotatable bonds is 3. The lowest BCUT2D eigenvalue weighted by Crippen LogP contribution is -2.34. The molecular weight excluding hydrogens is 214 g/mol. The van der Waals surface area contributed by atoms with Crippen LogP contribution in [0.4, 0.5) is 4.79 Å². The zero-order valence-electron chi connectivity index (χ0n) is 9.92. The fourth-order valence-corrected chi connectivity index (χ4v) is 1.32. The van der Waals surface area contributed by atoms with Crippen molar-refractivity contribution < 1.29 is 4.79 Å². The summed E-state index contributed by atoms with van der Waals surface area (Å²) in [5.41, 5.74) is 7.23. The second kappa shape index (κ2) is 7.31. The molecule has 1 aromatic carbocycles. The SMILES string of the molecule is CCNC(=O)NCc1cccc(C#CCN)c1. The fraction of sp³-hybridized carbons (Fsp3) is 0.308. The van der Waals surface area contributed by atoms with E-state index < -0.39 is 0 Å². The highest BCUT2D eigenvalue weighted by atomic mass is 16.2. The maximum absolute atomic E-state index is 11.2. The van der Waals surface area contributed by atoms with Gasteiger partial charge in [-0.3, -0.25) is 0 Å². The minimum absolute atomic E-state index is 0.161. The Labute approximate surface area is 102 Å². The van der Waals surface area contributed by atoms with Crippen molar-refractivity contribution in [2.24, 2.45) is 5.73 Å². The van der Waals surface area contributed by atoms with Gasteiger partial charge in [-0.05, 0) is 24.6 Å². The number of benzene rings is 1. The van der Waals surface area contributed by atoms with Crippen LogP contribution in [0.15, 0.2) is 24.3 Å². The van der Waals surface area contributed by atoms with Crippen LogP contribution in [0.5, 0.6) is 0 Å². The molecule has 17 heavy (non-hydrogen) atoms. The molecule has 4 heteroatoms. The third-order valence-corrected chi connectivity index (χ3v) is 2.05. The molecule has 4 N–H and O–H groups in total. The van der Waals surface area contributed by atoms with Crippen LogP contribution in [-0.2, 0) is 6.54 Å². The Kier molecular flexibility index (Phi) is 5.62. The van der Waals surface area contributed by atoms with Crippen molar-refractivity contribution in [3.8, 4) is 11.8 Å². The Morgan fingerprint density at radius 2 is 2.24 bits per heavy atom. The number of amides is 2. The van der Waals surface area contributed by atoms with E-state index in [-0.39, 0.29) is 6.03 Å². The minimum atomic E-state index is -0.161. The Morgan fingerprint density at radius 3 is 2.94 bits per heavy atom. The molecule has 0 saturated heterocycles. The van der Waals surface area contributed by atoms with Crippen molar-refractivity contribution in [3.63, 3.8) is 0 Å². The van der Waals surface area contributed by atoms with Gasteiger partial charge in [0.1, 0.15) is 0 Å². The van der Waals surface area contributed by atoms with Gasteiger partial charge in [-0.1, -0.05) is 24.0 Å². The molecule has 0 aliphatic carbocycles. The smallest absolute Gasteiger partial charge is 0.315 e. The minimum Gasteiger partial charge on any atom is -0.338 e. The van der Waals surface area contributed by atoms with Gasteiger partial charge in [0.2, 0.25) is 0 Å². The van der Waals surface area contributed by atoms with Gasteiger partial charge in [-0.2, -0.15) is 0 Å². The largest absolute Gasteiger partial charge is 0.338 e. The number of hydrogen-bond acceptors (Lipinski definition) is 2. The number of nitrogens with one attached hydrogen (secondary N) is 2. The highest BCUT2D eigenvalue weighted by Crippen LogP contribution is 2.03. The van der Waals surface area contributed by atoms with E-state index in [4.69, 9.17) is 5.73 Å². The number of carbonyl (C=O) groups excluding carboxylic acids is 1. The summed E-state index contributed by atoms with van der Waals surface area (Å²) >= 11 is 0. The molecule has 0 atom stereocenters. The molecule has 0 spiro atoms. The summed E-state index contributed by atoms with van der Waals surface area (Å²) in [5, 5.41) is 5.43. The summed E-state index contributed by atoms with van der Waals surface area (Å²) in [5.74, 6) is 5.75. The lowest BCUT2D eigenvalue weighted by molar-refractivity contribution is 0.241. The normalized spacial score (nSPS) is 9.06. The van der Waals surface area contributed by atoms with Gasteiger partial charge in [0.05, 0.1) is 6.54 Å². The maximum atomic E-state index is 11.2. The molecular formula is C13H17N3O. The molecule has 0 aliphatic heterocycles. The number of hydrogen-bond donors (Lipinski definition) is 3.